The van der Waals surface area contributed by atoms with Crippen molar-refractivity contribution in [3.63, 3.8) is 0 Å². The van der Waals surface area contributed by atoms with E-state index in [9.17, 15) is 0 Å². The van der Waals surface area contributed by atoms with Crippen LogP contribution in [0.2, 0.25) is 0 Å². The Hall–Kier alpha value is -2.03. The highest BCUT2D eigenvalue weighted by molar-refractivity contribution is 14.0. The van der Waals surface area contributed by atoms with Crippen molar-refractivity contribution in [3.8, 4) is 0 Å². The van der Waals surface area contributed by atoms with E-state index in [1.54, 1.807) is 13.2 Å². The summed E-state index contributed by atoms with van der Waals surface area (Å²) >= 11 is 0. The zero-order valence-electron chi connectivity index (χ0n) is 15.3. The van der Waals surface area contributed by atoms with Crippen molar-refractivity contribution in [2.75, 3.05) is 20.1 Å². The largest absolute Gasteiger partial charge is 0.361 e. The average Bonchev–Trinajstić information content (AvgIpc) is 3.26. The Morgan fingerprint density at radius 2 is 2.12 bits per heavy atom. The van der Waals surface area contributed by atoms with Gasteiger partial charge < -0.3 is 15.6 Å². The lowest BCUT2D eigenvalue weighted by molar-refractivity contribution is 0.570. The molecule has 0 radical (unpaired) electrons. The van der Waals surface area contributed by atoms with E-state index in [-0.39, 0.29) is 24.0 Å². The molecule has 7 heteroatoms. The van der Waals surface area contributed by atoms with Gasteiger partial charge in [0.2, 0.25) is 0 Å². The second-order valence-electron chi connectivity index (χ2n) is 6.16. The third kappa shape index (κ3) is 5.48. The molecule has 0 aliphatic carbocycles. The number of halogens is 1. The Balaban J connectivity index is 0.00000243. The molecule has 26 heavy (non-hydrogen) atoms. The number of hydrogen-bond donors (Lipinski definition) is 3. The topological polar surface area (TPSA) is 70.0 Å². The summed E-state index contributed by atoms with van der Waals surface area (Å²) in [4.78, 5) is 7.63. The van der Waals surface area contributed by atoms with Crippen LogP contribution < -0.4 is 10.6 Å². The number of aromatic nitrogens is 3. The Kier molecular flexibility index (Phi) is 7.96. The molecule has 3 N–H and O–H groups in total. The third-order valence-corrected chi connectivity index (χ3v) is 4.25. The summed E-state index contributed by atoms with van der Waals surface area (Å²) in [5.41, 5.74) is 3.81. The molecule has 0 aliphatic rings. The standard InChI is InChI=1S/C19H26N6.HI/c1-15-5-6-17-16(14-23-18(17)13-15)7-10-22-19(20-2)21-8-3-11-25-12-4-9-24-25;/h4-6,9,12-14,23H,3,7-8,10-11H2,1-2H3,(H2,20,21,22);1H. The van der Waals surface area contributed by atoms with Gasteiger partial charge in [-0.15, -0.1) is 24.0 Å². The van der Waals surface area contributed by atoms with E-state index in [0.717, 1.165) is 38.4 Å². The molecule has 140 valence electrons. The molecule has 0 spiro atoms. The number of nitrogens with zero attached hydrogens (tertiary/aromatic N) is 3. The molecule has 0 fully saturated rings. The van der Waals surface area contributed by atoms with E-state index in [0.29, 0.717) is 0 Å². The normalized spacial score (nSPS) is 11.4. The molecule has 0 aliphatic heterocycles. The SMILES string of the molecule is CN=C(NCCCn1cccn1)NCCc1c[nH]c2cc(C)ccc12.I. The molecule has 0 atom stereocenters. The van der Waals surface area contributed by atoms with Crippen molar-refractivity contribution in [1.82, 2.24) is 25.4 Å². The van der Waals surface area contributed by atoms with E-state index in [4.69, 9.17) is 0 Å². The zero-order valence-corrected chi connectivity index (χ0v) is 17.7. The summed E-state index contributed by atoms with van der Waals surface area (Å²) < 4.78 is 1.94. The minimum Gasteiger partial charge on any atom is -0.361 e. The van der Waals surface area contributed by atoms with Crippen LogP contribution in [0.3, 0.4) is 0 Å². The summed E-state index contributed by atoms with van der Waals surface area (Å²) in [6.45, 7) is 4.74. The van der Waals surface area contributed by atoms with Crippen LogP contribution in [-0.4, -0.2) is 40.9 Å². The molecule has 0 amide bonds. The molecule has 1 aromatic carbocycles. The number of aliphatic imine (C=N–C) groups is 1. The van der Waals surface area contributed by atoms with Crippen LogP contribution in [-0.2, 0) is 13.0 Å². The van der Waals surface area contributed by atoms with Crippen LogP contribution in [0.5, 0.6) is 0 Å². The first-order chi connectivity index (χ1) is 12.3. The molecule has 0 saturated carbocycles. The van der Waals surface area contributed by atoms with Crippen molar-refractivity contribution >= 4 is 40.8 Å². The highest BCUT2D eigenvalue weighted by Crippen LogP contribution is 2.19. The van der Waals surface area contributed by atoms with Gasteiger partial charge in [-0.1, -0.05) is 12.1 Å². The number of hydrogen-bond acceptors (Lipinski definition) is 2. The fraction of sp³-hybridized carbons (Fsp3) is 0.368. The smallest absolute Gasteiger partial charge is 0.190 e. The first-order valence-corrected chi connectivity index (χ1v) is 8.75. The van der Waals surface area contributed by atoms with Crippen LogP contribution >= 0.6 is 24.0 Å². The van der Waals surface area contributed by atoms with Crippen molar-refractivity contribution in [1.29, 1.82) is 0 Å². The number of nitrogens with one attached hydrogen (secondary N) is 3. The first kappa shape index (κ1) is 20.3. The van der Waals surface area contributed by atoms with Crippen molar-refractivity contribution in [3.05, 3.63) is 54.0 Å². The molecule has 3 rings (SSSR count). The minimum absolute atomic E-state index is 0. The number of fused-ring (bicyclic) bond motifs is 1. The van der Waals surface area contributed by atoms with Gasteiger partial charge in [-0.2, -0.15) is 5.10 Å². The maximum atomic E-state index is 4.28. The van der Waals surface area contributed by atoms with Crippen molar-refractivity contribution in [2.45, 2.75) is 26.3 Å². The Morgan fingerprint density at radius 1 is 1.27 bits per heavy atom. The van der Waals surface area contributed by atoms with Gasteiger partial charge in [-0.3, -0.25) is 9.67 Å². The summed E-state index contributed by atoms with van der Waals surface area (Å²) in [5.74, 6) is 0.844. The fourth-order valence-corrected chi connectivity index (χ4v) is 2.92. The average molecular weight is 466 g/mol. The number of aryl methyl sites for hydroxylation is 2. The van der Waals surface area contributed by atoms with E-state index >= 15 is 0 Å². The highest BCUT2D eigenvalue weighted by Gasteiger charge is 2.04. The highest BCUT2D eigenvalue weighted by atomic mass is 127. The molecule has 0 saturated heterocycles. The Bertz CT molecular complexity index is 822. The molecule has 0 unspecified atom stereocenters. The molecular weight excluding hydrogens is 439 g/mol. The lowest BCUT2D eigenvalue weighted by Gasteiger charge is -2.11. The maximum absolute atomic E-state index is 4.28. The van der Waals surface area contributed by atoms with Crippen molar-refractivity contribution in [2.24, 2.45) is 4.99 Å². The summed E-state index contributed by atoms with van der Waals surface area (Å²) in [6, 6.07) is 8.48. The zero-order chi connectivity index (χ0) is 17.5. The molecule has 2 aromatic heterocycles. The number of benzene rings is 1. The quantitative estimate of drug-likeness (QED) is 0.217. The number of rotatable bonds is 7. The summed E-state index contributed by atoms with van der Waals surface area (Å²) in [7, 11) is 1.80. The number of guanidine groups is 1. The second kappa shape index (κ2) is 10.2. The van der Waals surface area contributed by atoms with Gasteiger partial charge in [0, 0.05) is 56.2 Å². The van der Waals surface area contributed by atoms with Gasteiger partial charge >= 0.3 is 0 Å². The van der Waals surface area contributed by atoms with Crippen LogP contribution in [0, 0.1) is 6.92 Å². The van der Waals surface area contributed by atoms with Gasteiger partial charge in [0.1, 0.15) is 0 Å². The van der Waals surface area contributed by atoms with E-state index in [1.807, 2.05) is 16.9 Å². The van der Waals surface area contributed by atoms with Crippen LogP contribution in [0.4, 0.5) is 0 Å². The minimum atomic E-state index is 0. The molecule has 3 aromatic rings. The van der Waals surface area contributed by atoms with E-state index in [2.05, 4.69) is 57.0 Å². The van der Waals surface area contributed by atoms with Gasteiger partial charge in [0.05, 0.1) is 0 Å². The van der Waals surface area contributed by atoms with Gasteiger partial charge in [0.15, 0.2) is 5.96 Å². The van der Waals surface area contributed by atoms with Gasteiger partial charge in [-0.05, 0) is 43.0 Å². The third-order valence-electron chi connectivity index (χ3n) is 4.25. The molecule has 0 bridgehead atoms. The number of aromatic amines is 1. The molecule has 6 nitrogen and oxygen atoms in total. The van der Waals surface area contributed by atoms with E-state index < -0.39 is 0 Å². The Labute approximate surface area is 171 Å². The lowest BCUT2D eigenvalue weighted by atomic mass is 10.1. The van der Waals surface area contributed by atoms with Gasteiger partial charge in [0.25, 0.3) is 0 Å². The number of H-pyrrole nitrogens is 1. The lowest BCUT2D eigenvalue weighted by Crippen LogP contribution is -2.39. The predicted molar refractivity (Wildman–Crippen MR) is 118 cm³/mol. The van der Waals surface area contributed by atoms with Crippen LogP contribution in [0.1, 0.15) is 17.5 Å². The second-order valence-corrected chi connectivity index (χ2v) is 6.16. The summed E-state index contributed by atoms with van der Waals surface area (Å²) in [5, 5.41) is 12.2. The molecular formula is C19H27IN6. The van der Waals surface area contributed by atoms with Crippen molar-refractivity contribution < 1.29 is 0 Å². The predicted octanol–water partition coefficient (Wildman–Crippen LogP) is 3.09. The monoisotopic (exact) mass is 466 g/mol. The fourth-order valence-electron chi connectivity index (χ4n) is 2.92. The van der Waals surface area contributed by atoms with Crippen LogP contribution in [0.25, 0.3) is 10.9 Å². The Morgan fingerprint density at radius 3 is 2.88 bits per heavy atom. The van der Waals surface area contributed by atoms with E-state index in [1.165, 1.54) is 22.0 Å². The maximum Gasteiger partial charge on any atom is 0.190 e. The van der Waals surface area contributed by atoms with Crippen LogP contribution in [0.15, 0.2) is 47.8 Å². The molecule has 2 heterocycles. The first-order valence-electron chi connectivity index (χ1n) is 8.75. The summed E-state index contributed by atoms with van der Waals surface area (Å²) in [6.07, 6.45) is 7.85. The van der Waals surface area contributed by atoms with Gasteiger partial charge in [-0.25, -0.2) is 0 Å².